The summed E-state index contributed by atoms with van der Waals surface area (Å²) in [5, 5.41) is 6.53. The molecule has 0 spiro atoms. The molecule has 0 aliphatic carbocycles. The minimum Gasteiger partial charge on any atom is -0.493 e. The maximum Gasteiger partial charge on any atom is 0.434 e. The highest BCUT2D eigenvalue weighted by molar-refractivity contribution is 6.30. The van der Waals surface area contributed by atoms with Crippen LogP contribution >= 0.6 is 11.6 Å². The summed E-state index contributed by atoms with van der Waals surface area (Å²) in [5.74, 6) is 0.202. The van der Waals surface area contributed by atoms with E-state index in [2.05, 4.69) is 10.4 Å². The van der Waals surface area contributed by atoms with Crippen molar-refractivity contribution in [2.24, 2.45) is 0 Å². The van der Waals surface area contributed by atoms with Crippen LogP contribution in [0.3, 0.4) is 0 Å². The summed E-state index contributed by atoms with van der Waals surface area (Å²) in [6, 6.07) is 11.0. The molecule has 10 heteroatoms. The Balaban J connectivity index is 1.78. The van der Waals surface area contributed by atoms with Crippen molar-refractivity contribution in [1.82, 2.24) is 15.1 Å². The molecule has 0 saturated heterocycles. The third kappa shape index (κ3) is 5.11. The van der Waals surface area contributed by atoms with Crippen LogP contribution in [0.5, 0.6) is 11.5 Å². The van der Waals surface area contributed by atoms with Gasteiger partial charge in [0.25, 0.3) is 5.91 Å². The number of alkyl halides is 3. The van der Waals surface area contributed by atoms with Gasteiger partial charge in [-0.3, -0.25) is 4.79 Å². The van der Waals surface area contributed by atoms with E-state index < -0.39 is 23.3 Å². The topological polar surface area (TPSA) is 65.4 Å². The lowest BCUT2D eigenvalue weighted by Crippen LogP contribution is -2.28. The molecule has 6 nitrogen and oxygen atoms in total. The van der Waals surface area contributed by atoms with E-state index >= 15 is 0 Å². The van der Waals surface area contributed by atoms with Gasteiger partial charge in [0, 0.05) is 11.6 Å². The lowest BCUT2D eigenvalue weighted by atomic mass is 10.1. The molecule has 0 bridgehead atoms. The first kappa shape index (κ1) is 22.5. The van der Waals surface area contributed by atoms with E-state index in [-0.39, 0.29) is 17.3 Å². The number of hydrogen-bond acceptors (Lipinski definition) is 4. The number of amides is 1. The first-order valence-corrected chi connectivity index (χ1v) is 9.52. The van der Waals surface area contributed by atoms with E-state index in [1.54, 1.807) is 18.2 Å². The quantitative estimate of drug-likeness (QED) is 0.570. The van der Waals surface area contributed by atoms with E-state index in [9.17, 15) is 18.0 Å². The van der Waals surface area contributed by atoms with E-state index in [1.807, 2.05) is 0 Å². The Labute approximate surface area is 181 Å². The Hall–Kier alpha value is -3.20. The van der Waals surface area contributed by atoms with Crippen LogP contribution in [0.15, 0.2) is 48.7 Å². The molecule has 31 heavy (non-hydrogen) atoms. The predicted molar refractivity (Wildman–Crippen MR) is 109 cm³/mol. The Morgan fingerprint density at radius 2 is 1.87 bits per heavy atom. The number of ether oxygens (including phenoxy) is 2. The van der Waals surface area contributed by atoms with Crippen molar-refractivity contribution in [3.63, 3.8) is 0 Å². The molecular formula is C21H19ClF3N3O3. The number of aromatic nitrogens is 2. The summed E-state index contributed by atoms with van der Waals surface area (Å²) in [7, 11) is 3.01. The normalized spacial score (nSPS) is 11.3. The number of methoxy groups -OCH3 is 2. The number of rotatable bonds is 7. The van der Waals surface area contributed by atoms with Crippen LogP contribution in [0, 0.1) is 0 Å². The van der Waals surface area contributed by atoms with E-state index in [1.165, 1.54) is 38.5 Å². The smallest absolute Gasteiger partial charge is 0.434 e. The molecule has 0 atom stereocenters. The highest BCUT2D eigenvalue weighted by atomic mass is 35.5. The second-order valence-electron chi connectivity index (χ2n) is 6.49. The third-order valence-electron chi connectivity index (χ3n) is 4.48. The second kappa shape index (κ2) is 9.30. The summed E-state index contributed by atoms with van der Waals surface area (Å²) in [6.45, 7) is 0.119. The van der Waals surface area contributed by atoms with Crippen LogP contribution in [0.1, 0.15) is 21.6 Å². The molecule has 0 unspecified atom stereocenters. The molecule has 0 fully saturated rings. The molecule has 0 saturated carbocycles. The van der Waals surface area contributed by atoms with E-state index in [4.69, 9.17) is 21.1 Å². The zero-order valence-corrected chi connectivity index (χ0v) is 17.4. The average Bonchev–Trinajstić information content (AvgIpc) is 3.19. The van der Waals surface area contributed by atoms with Gasteiger partial charge in [-0.2, -0.15) is 18.3 Å². The molecule has 0 radical (unpaired) electrons. The highest BCUT2D eigenvalue weighted by Crippen LogP contribution is 2.34. The fraction of sp³-hybridized carbons (Fsp3) is 0.238. The van der Waals surface area contributed by atoms with Crippen molar-refractivity contribution < 1.29 is 27.4 Å². The van der Waals surface area contributed by atoms with Gasteiger partial charge in [-0.15, -0.1) is 0 Å². The van der Waals surface area contributed by atoms with Crippen molar-refractivity contribution in [1.29, 1.82) is 0 Å². The summed E-state index contributed by atoms with van der Waals surface area (Å²) in [6.07, 6.45) is -3.51. The van der Waals surface area contributed by atoms with Gasteiger partial charge in [-0.05, 0) is 42.3 Å². The molecule has 2 aromatic carbocycles. The van der Waals surface area contributed by atoms with Crippen LogP contribution in [0.25, 0.3) is 5.69 Å². The number of halogens is 4. The van der Waals surface area contributed by atoms with E-state index in [0.717, 1.165) is 11.8 Å². The minimum atomic E-state index is -4.80. The molecular weight excluding hydrogens is 435 g/mol. The molecule has 0 aliphatic heterocycles. The van der Waals surface area contributed by atoms with Crippen LogP contribution in [0.4, 0.5) is 13.2 Å². The zero-order chi connectivity index (χ0) is 22.6. The summed E-state index contributed by atoms with van der Waals surface area (Å²) >= 11 is 5.88. The van der Waals surface area contributed by atoms with E-state index in [0.29, 0.717) is 22.6 Å². The van der Waals surface area contributed by atoms with Crippen LogP contribution in [-0.2, 0) is 12.6 Å². The van der Waals surface area contributed by atoms with Gasteiger partial charge >= 0.3 is 6.18 Å². The van der Waals surface area contributed by atoms with Crippen molar-refractivity contribution in [3.05, 3.63) is 70.5 Å². The monoisotopic (exact) mass is 453 g/mol. The van der Waals surface area contributed by atoms with Gasteiger partial charge in [0.15, 0.2) is 17.2 Å². The Bertz CT molecular complexity index is 1080. The van der Waals surface area contributed by atoms with Crippen LogP contribution < -0.4 is 14.8 Å². The number of nitrogens with zero attached hydrogens (tertiary/aromatic N) is 2. The van der Waals surface area contributed by atoms with Gasteiger partial charge in [-0.1, -0.05) is 23.7 Å². The van der Waals surface area contributed by atoms with Crippen molar-refractivity contribution in [2.75, 3.05) is 20.8 Å². The summed E-state index contributed by atoms with van der Waals surface area (Å²) in [5.41, 5.74) is -0.814. The highest BCUT2D eigenvalue weighted by Gasteiger charge is 2.40. The molecule has 3 rings (SSSR count). The fourth-order valence-electron chi connectivity index (χ4n) is 3.04. The molecule has 1 heterocycles. The minimum absolute atomic E-state index is 0.101. The third-order valence-corrected chi connectivity index (χ3v) is 4.72. The molecule has 1 aromatic heterocycles. The van der Waals surface area contributed by atoms with Gasteiger partial charge in [0.1, 0.15) is 0 Å². The summed E-state index contributed by atoms with van der Waals surface area (Å²) in [4.78, 5) is 12.5. The predicted octanol–water partition coefficient (Wildman–Crippen LogP) is 4.53. The number of benzene rings is 2. The molecule has 0 aliphatic rings. The molecule has 164 valence electrons. The van der Waals surface area contributed by atoms with Crippen molar-refractivity contribution in [2.45, 2.75) is 12.6 Å². The second-order valence-corrected chi connectivity index (χ2v) is 6.93. The first-order chi connectivity index (χ1) is 14.7. The van der Waals surface area contributed by atoms with Gasteiger partial charge in [-0.25, -0.2) is 4.68 Å². The Kier molecular flexibility index (Phi) is 6.74. The molecule has 3 aromatic rings. The summed E-state index contributed by atoms with van der Waals surface area (Å²) < 4.78 is 52.2. The van der Waals surface area contributed by atoms with Crippen LogP contribution in [-0.4, -0.2) is 36.5 Å². The molecule has 1 N–H and O–H groups in total. The number of hydrogen-bond donors (Lipinski definition) is 1. The maximum atomic E-state index is 13.7. The largest absolute Gasteiger partial charge is 0.493 e. The number of carbonyl (C=O) groups excluding carboxylic acids is 1. The lowest BCUT2D eigenvalue weighted by molar-refractivity contribution is -0.143. The number of nitrogens with one attached hydrogen (secondary N) is 1. The Morgan fingerprint density at radius 3 is 2.52 bits per heavy atom. The van der Waals surface area contributed by atoms with Gasteiger partial charge in [0.2, 0.25) is 0 Å². The standard InChI is InChI=1S/C21H19ClF3N3O3/c1-30-17-7-6-13(10-18(17)31-2)8-9-26-20(29)16-12-27-28(19(16)21(23,24)25)15-5-3-4-14(22)11-15/h3-7,10-12H,8-9H2,1-2H3,(H,26,29). The van der Waals surface area contributed by atoms with Gasteiger partial charge in [0.05, 0.1) is 31.7 Å². The number of carbonyl (C=O) groups is 1. The fourth-order valence-corrected chi connectivity index (χ4v) is 3.23. The molecule has 1 amide bonds. The maximum absolute atomic E-state index is 13.7. The zero-order valence-electron chi connectivity index (χ0n) is 16.7. The van der Waals surface area contributed by atoms with Crippen molar-refractivity contribution >= 4 is 17.5 Å². The average molecular weight is 454 g/mol. The SMILES string of the molecule is COc1ccc(CCNC(=O)c2cnn(-c3cccc(Cl)c3)c2C(F)(F)F)cc1OC. The van der Waals surface area contributed by atoms with Crippen molar-refractivity contribution in [3.8, 4) is 17.2 Å². The first-order valence-electron chi connectivity index (χ1n) is 9.15. The Morgan fingerprint density at radius 1 is 1.13 bits per heavy atom. The lowest BCUT2D eigenvalue weighted by Gasteiger charge is -2.13. The van der Waals surface area contributed by atoms with Gasteiger partial charge < -0.3 is 14.8 Å². The van der Waals surface area contributed by atoms with Crippen LogP contribution in [0.2, 0.25) is 5.02 Å².